The minimum atomic E-state index is -0.846. The number of amides is 4. The monoisotopic (exact) mass is 1360 g/mol. The zero-order valence-corrected chi connectivity index (χ0v) is 52.4. The molecule has 4 amide bonds. The number of thiazole rings is 2. The van der Waals surface area contributed by atoms with E-state index in [9.17, 15) is 42.7 Å². The molecule has 8 heterocycles. The number of halogens is 5. The number of aromatic nitrogens is 2. The molecule has 4 aromatic rings. The second-order valence-electron chi connectivity index (χ2n) is 22.4. The van der Waals surface area contributed by atoms with Crippen LogP contribution < -0.4 is 10.6 Å². The number of alkyl halides is 1. The van der Waals surface area contributed by atoms with Crippen LogP contribution >= 0.6 is 61.8 Å². The minimum Gasteiger partial charge on any atom is -0.481 e. The summed E-state index contributed by atoms with van der Waals surface area (Å²) in [6.07, 6.45) is 12.5. The van der Waals surface area contributed by atoms with E-state index in [1.54, 1.807) is 12.4 Å². The molecule has 2 aromatic heterocycles. The van der Waals surface area contributed by atoms with Crippen molar-refractivity contribution in [2.75, 3.05) is 65.4 Å². The Morgan fingerprint density at radius 2 is 1.09 bits per heavy atom. The van der Waals surface area contributed by atoms with Gasteiger partial charge >= 0.3 is 35.9 Å². The van der Waals surface area contributed by atoms with Crippen molar-refractivity contribution in [2.24, 2.45) is 21.8 Å². The van der Waals surface area contributed by atoms with E-state index in [0.29, 0.717) is 132 Å². The maximum absolute atomic E-state index is 13.9. The van der Waals surface area contributed by atoms with Crippen molar-refractivity contribution >= 4 is 109 Å². The van der Waals surface area contributed by atoms with E-state index in [2.05, 4.69) is 46.4 Å². The number of urea groups is 2. The van der Waals surface area contributed by atoms with Gasteiger partial charge in [0.1, 0.15) is 23.7 Å². The average molecular weight is 1360 g/mol. The predicted octanol–water partition coefficient (Wildman–Crippen LogP) is 9.92. The van der Waals surface area contributed by atoms with Gasteiger partial charge in [-0.25, -0.2) is 37.9 Å². The van der Waals surface area contributed by atoms with Gasteiger partial charge in [-0.1, -0.05) is 58.7 Å². The largest absolute Gasteiger partial charge is 0.481 e. The van der Waals surface area contributed by atoms with Crippen molar-refractivity contribution in [3.05, 3.63) is 125 Å². The number of piperidine rings is 1. The number of aliphatic imine (C=N–C) groups is 2. The molecule has 6 aliphatic heterocycles. The van der Waals surface area contributed by atoms with Crippen LogP contribution in [0.25, 0.3) is 0 Å². The number of methoxy groups -OCH3 is 2. The molecule has 4 saturated heterocycles. The lowest BCUT2D eigenvalue weighted by atomic mass is 9.85. The zero-order chi connectivity index (χ0) is 61.6. The first-order valence-corrected chi connectivity index (χ1v) is 32.5. The highest BCUT2D eigenvalue weighted by molar-refractivity contribution is 9.09. The highest BCUT2D eigenvalue weighted by atomic mass is 79.9. The number of piperazine rings is 1. The van der Waals surface area contributed by atoms with E-state index >= 15 is 0 Å². The number of nitrogens with zero attached hydrogens (tertiary/aromatic N) is 9. The topological polar surface area (TPSA) is 252 Å². The van der Waals surface area contributed by atoms with Gasteiger partial charge in [0, 0.05) is 119 Å². The molecule has 2 aromatic carbocycles. The maximum atomic E-state index is 13.9. The second kappa shape index (κ2) is 29.4. The second-order valence-corrected chi connectivity index (χ2v) is 25.6. The average Bonchev–Trinajstić information content (AvgIpc) is 2.12. The molecule has 0 unspecified atom stereocenters. The predicted molar refractivity (Wildman–Crippen MR) is 333 cm³/mol. The molecule has 4 atom stereocenters. The van der Waals surface area contributed by atoms with Crippen LogP contribution in [0.2, 0.25) is 10.0 Å². The van der Waals surface area contributed by atoms with Gasteiger partial charge in [-0.15, -0.1) is 22.7 Å². The summed E-state index contributed by atoms with van der Waals surface area (Å²) in [5.41, 5.74) is 2.75. The van der Waals surface area contributed by atoms with Crippen molar-refractivity contribution in [3.63, 3.8) is 0 Å². The molecule has 0 spiro atoms. The van der Waals surface area contributed by atoms with E-state index in [0.717, 1.165) is 38.8 Å². The van der Waals surface area contributed by atoms with Crippen molar-refractivity contribution in [1.82, 2.24) is 45.1 Å². The highest BCUT2D eigenvalue weighted by Crippen LogP contribution is 2.40. The van der Waals surface area contributed by atoms with Crippen molar-refractivity contribution < 1.29 is 57.2 Å². The van der Waals surface area contributed by atoms with Gasteiger partial charge in [-0.05, 0) is 94.9 Å². The van der Waals surface area contributed by atoms with Crippen LogP contribution in [-0.4, -0.2) is 182 Å². The first-order valence-electron chi connectivity index (χ1n) is 28.8. The molecule has 2 aliphatic carbocycles. The fourth-order valence-electron chi connectivity index (χ4n) is 12.9. The van der Waals surface area contributed by atoms with Crippen molar-refractivity contribution in [3.8, 4) is 0 Å². The smallest absolute Gasteiger partial charge is 0.338 e. The molecule has 28 heteroatoms. The van der Waals surface area contributed by atoms with Crippen LogP contribution in [0.4, 0.5) is 18.4 Å². The van der Waals surface area contributed by atoms with Gasteiger partial charge in [0.15, 0.2) is 21.7 Å². The number of ether oxygens (including phenoxy) is 2. The lowest BCUT2D eigenvalue weighted by molar-refractivity contribution is -0.144. The number of rotatable bonds is 13. The molecule has 8 aliphatic rings. The summed E-state index contributed by atoms with van der Waals surface area (Å²) in [5.74, 6) is -3.05. The number of nitrogens with one attached hydrogen (secondary N) is 2. The first kappa shape index (κ1) is 65.9. The lowest BCUT2D eigenvalue weighted by Crippen LogP contribution is -2.53. The summed E-state index contributed by atoms with van der Waals surface area (Å²) in [6, 6.07) is 7.35. The Morgan fingerprint density at radius 1 is 0.625 bits per heavy atom. The molecular weight excluding hydrogens is 1290 g/mol. The SMILES string of the molecule is C.COC(=O)C1=C(CBr)NC(c2nccs2)=N[C@H]1c1ccc(F)cc1Cl.COC(=O)C1=C(CN2CCN3C(=O)N(C4CCC(C(=O)O)CC4)C[C@@H]3C2)NC(c2nccs2)=N[C@H]1c1ccc(F)cc1Cl.O=C(O)C1CCC(N2C[C@@H]3CCCCN3C2=O)CC1. The van der Waals surface area contributed by atoms with Gasteiger partial charge in [0.2, 0.25) is 0 Å². The number of esters is 2. The summed E-state index contributed by atoms with van der Waals surface area (Å²) in [7, 11) is 2.60. The number of fused-ring (bicyclic) bond motifs is 2. The number of allylic oxidation sites excluding steroid dienone is 1. The van der Waals surface area contributed by atoms with Gasteiger partial charge in [-0.3, -0.25) is 24.5 Å². The third-order valence-corrected chi connectivity index (χ3v) is 20.1. The van der Waals surface area contributed by atoms with Gasteiger partial charge in [-0.2, -0.15) is 0 Å². The molecular formula is C60H70BrCl2F2N11O10S2. The fourth-order valence-corrected chi connectivity index (χ4v) is 15.0. The Morgan fingerprint density at radius 3 is 1.52 bits per heavy atom. The van der Waals surface area contributed by atoms with Crippen LogP contribution in [0.5, 0.6) is 0 Å². The van der Waals surface area contributed by atoms with Crippen molar-refractivity contribution in [2.45, 2.75) is 114 Å². The number of carboxylic acid groups (broad SMARTS) is 2. The Hall–Kier alpha value is -6.58. The van der Waals surface area contributed by atoms with Crippen LogP contribution in [0.1, 0.15) is 111 Å². The van der Waals surface area contributed by atoms with Gasteiger partial charge in [0.25, 0.3) is 0 Å². The standard InChI is InChI=1S/C29H32ClFN6O5S.C16H12BrClFN3O2S.C14H22N2O3.CH4/c1-42-28(40)23-22(33-25(26-32-8-11-43-26)34-24(23)20-7-4-17(31)12-21(20)30)15-35-9-10-36-19(13-35)14-37(29(36)41)18-5-2-16(3-6-18)27(38)39;1-24-16(23)12-11(7-17)21-14(15-20-4-5-25-15)22-13(12)9-3-2-8(19)6-10(9)18;17-13(18)10-4-6-11(7-5-10)16-9-12-3-1-2-8-15(12)14(16)19;/h4,7-8,11-12,16,18-19,24H,2-3,5-6,9-10,13-15H2,1H3,(H,33,34)(H,38,39);2-6,13H,7H2,1H3,(H,21,22);10-12H,1-9H2,(H,17,18);1H4/t16?,18?,19-,24-;13-;10?,11?,12-;/m000./s1. The van der Waals surface area contributed by atoms with Crippen molar-refractivity contribution in [1.29, 1.82) is 0 Å². The van der Waals surface area contributed by atoms with Crippen LogP contribution in [0.3, 0.4) is 0 Å². The third-order valence-electron chi connectivity index (χ3n) is 17.3. The molecule has 12 rings (SSSR count). The van der Waals surface area contributed by atoms with Gasteiger partial charge < -0.3 is 49.9 Å². The molecule has 6 fully saturated rings. The molecule has 88 heavy (non-hydrogen) atoms. The summed E-state index contributed by atoms with van der Waals surface area (Å²) < 4.78 is 37.5. The molecule has 0 bridgehead atoms. The summed E-state index contributed by atoms with van der Waals surface area (Å²) in [4.78, 5) is 102. The fraction of sp³-hybridized carbons (Fsp3) is 0.500. The number of carbonyl (C=O) groups excluding carboxylic acids is 4. The molecule has 472 valence electrons. The van der Waals surface area contributed by atoms with Crippen LogP contribution in [-0.2, 0) is 28.7 Å². The maximum Gasteiger partial charge on any atom is 0.338 e. The number of hydrogen-bond donors (Lipinski definition) is 4. The number of amidine groups is 2. The van der Waals surface area contributed by atoms with E-state index < -0.39 is 47.6 Å². The van der Waals surface area contributed by atoms with E-state index in [-0.39, 0.29) is 65.1 Å². The molecule has 2 saturated carbocycles. The minimum absolute atomic E-state index is 0. The zero-order valence-electron chi connectivity index (χ0n) is 47.7. The summed E-state index contributed by atoms with van der Waals surface area (Å²) in [5, 5.41) is 30.5. The van der Waals surface area contributed by atoms with Gasteiger partial charge in [0.05, 0.1) is 49.3 Å². The number of carboxylic acids is 2. The highest BCUT2D eigenvalue weighted by Gasteiger charge is 2.46. The Bertz CT molecular complexity index is 3360. The molecule has 4 N–H and O–H groups in total. The number of aliphatic carboxylic acids is 2. The number of benzene rings is 2. The van der Waals surface area contributed by atoms with Crippen LogP contribution in [0, 0.1) is 23.5 Å². The quantitative estimate of drug-likeness (QED) is 0.0718. The summed E-state index contributed by atoms with van der Waals surface area (Å²) in [6.45, 7) is 4.42. The lowest BCUT2D eigenvalue weighted by Gasteiger charge is -2.38. The Labute approximate surface area is 535 Å². The normalized spacial score (nSPS) is 25.3. The van der Waals surface area contributed by atoms with E-state index in [1.165, 1.54) is 79.7 Å². The Balaban J connectivity index is 0.000000173. The summed E-state index contributed by atoms with van der Waals surface area (Å²) >= 11 is 18.9. The van der Waals surface area contributed by atoms with Crippen LogP contribution in [0.15, 0.2) is 92.1 Å². The molecule has 0 radical (unpaired) electrons. The third kappa shape index (κ3) is 14.5. The number of hydrogen-bond acceptors (Lipinski definition) is 17. The van der Waals surface area contributed by atoms with E-state index in [4.69, 9.17) is 42.8 Å². The molecule has 21 nitrogen and oxygen atoms in total. The number of carbonyl (C=O) groups is 6. The van der Waals surface area contributed by atoms with E-state index in [1.807, 2.05) is 30.4 Å². The Kier molecular flexibility index (Phi) is 22.0. The first-order chi connectivity index (χ1) is 41.9.